The molecule has 25 heavy (non-hydrogen) atoms. The van der Waals surface area contributed by atoms with Crippen molar-refractivity contribution >= 4 is 0 Å². The van der Waals surface area contributed by atoms with Crippen LogP contribution in [0.3, 0.4) is 0 Å². The van der Waals surface area contributed by atoms with Crippen LogP contribution in [-0.4, -0.2) is 0 Å². The minimum Gasteiger partial charge on any atom is -0.326 e. The summed E-state index contributed by atoms with van der Waals surface area (Å²) in [4.78, 5) is 0. The third kappa shape index (κ3) is 3.92. The molecule has 3 rings (SSSR count). The first-order valence-corrected chi connectivity index (χ1v) is 9.10. The van der Waals surface area contributed by atoms with Crippen molar-refractivity contribution in [2.75, 3.05) is 0 Å². The van der Waals surface area contributed by atoms with Gasteiger partial charge in [-0.05, 0) is 33.7 Å². The van der Waals surface area contributed by atoms with Gasteiger partial charge in [-0.15, -0.1) is 0 Å². The van der Waals surface area contributed by atoms with E-state index in [0.717, 1.165) is 0 Å². The number of hydrogen-bond acceptors (Lipinski definition) is 2. The van der Waals surface area contributed by atoms with Gasteiger partial charge in [-0.1, -0.05) is 80.6 Å². The molecule has 0 saturated carbocycles. The van der Waals surface area contributed by atoms with Gasteiger partial charge in [0.2, 0.25) is 0 Å². The number of allylic oxidation sites excluding steroid dienone is 4. The highest BCUT2D eigenvalue weighted by molar-refractivity contribution is 5.43. The topological polar surface area (TPSA) is 52.0 Å². The van der Waals surface area contributed by atoms with Crippen molar-refractivity contribution in [3.05, 3.63) is 94.6 Å². The summed E-state index contributed by atoms with van der Waals surface area (Å²) in [5.41, 5.74) is 18.1. The SMILES string of the molecule is CC(C)C1=CC(C(c2cccc(CN)c2)c2cccc(CN)c2)C=C1. The van der Waals surface area contributed by atoms with E-state index >= 15 is 0 Å². The fourth-order valence-electron chi connectivity index (χ4n) is 3.61. The largest absolute Gasteiger partial charge is 0.326 e. The maximum Gasteiger partial charge on any atom is 0.0187 e. The van der Waals surface area contributed by atoms with Crippen molar-refractivity contribution in [1.82, 2.24) is 0 Å². The zero-order valence-electron chi connectivity index (χ0n) is 15.2. The van der Waals surface area contributed by atoms with E-state index in [1.807, 2.05) is 0 Å². The van der Waals surface area contributed by atoms with E-state index in [2.05, 4.69) is 80.6 Å². The summed E-state index contributed by atoms with van der Waals surface area (Å²) in [7, 11) is 0. The van der Waals surface area contributed by atoms with Crippen LogP contribution in [0.1, 0.15) is 42.0 Å². The Balaban J connectivity index is 2.07. The average Bonchev–Trinajstić information content (AvgIpc) is 3.12. The van der Waals surface area contributed by atoms with E-state index in [4.69, 9.17) is 11.5 Å². The van der Waals surface area contributed by atoms with Gasteiger partial charge in [0, 0.05) is 24.9 Å². The van der Waals surface area contributed by atoms with Gasteiger partial charge in [-0.2, -0.15) is 0 Å². The van der Waals surface area contributed by atoms with Crippen LogP contribution in [-0.2, 0) is 13.1 Å². The highest BCUT2D eigenvalue weighted by Gasteiger charge is 2.25. The Kier molecular flexibility index (Phi) is 5.52. The van der Waals surface area contributed by atoms with Crippen molar-refractivity contribution in [1.29, 1.82) is 0 Å². The Morgan fingerprint density at radius 3 is 1.88 bits per heavy atom. The van der Waals surface area contributed by atoms with Gasteiger partial charge in [0.05, 0.1) is 0 Å². The molecular weight excluding hydrogens is 304 g/mol. The number of hydrogen-bond donors (Lipinski definition) is 2. The standard InChI is InChI=1S/C23H28N2/c1-16(2)19-9-10-22(13-19)23(20-7-3-5-17(11-20)14-24)21-8-4-6-18(12-21)15-25/h3-13,16,22-23H,14-15,24-25H2,1-2H3. The molecule has 0 saturated heterocycles. The normalized spacial score (nSPS) is 16.7. The molecular formula is C23H28N2. The second-order valence-corrected chi connectivity index (χ2v) is 7.13. The molecule has 0 aromatic heterocycles. The average molecular weight is 332 g/mol. The summed E-state index contributed by atoms with van der Waals surface area (Å²) >= 11 is 0. The molecule has 1 unspecified atom stereocenters. The highest BCUT2D eigenvalue weighted by atomic mass is 14.5. The van der Waals surface area contributed by atoms with Crippen molar-refractivity contribution < 1.29 is 0 Å². The van der Waals surface area contributed by atoms with Gasteiger partial charge < -0.3 is 11.5 Å². The Labute approximate surface area is 151 Å². The molecule has 0 spiro atoms. The molecule has 1 aliphatic rings. The van der Waals surface area contributed by atoms with E-state index in [-0.39, 0.29) is 5.92 Å². The number of benzene rings is 2. The van der Waals surface area contributed by atoms with Gasteiger partial charge >= 0.3 is 0 Å². The second-order valence-electron chi connectivity index (χ2n) is 7.13. The van der Waals surface area contributed by atoms with Gasteiger partial charge in [0.15, 0.2) is 0 Å². The first kappa shape index (κ1) is 17.7. The Hall–Kier alpha value is -2.16. The maximum absolute atomic E-state index is 5.88. The van der Waals surface area contributed by atoms with Crippen molar-refractivity contribution in [2.24, 2.45) is 23.3 Å². The lowest BCUT2D eigenvalue weighted by Crippen LogP contribution is -2.12. The molecule has 1 atom stereocenters. The molecule has 2 aromatic carbocycles. The lowest BCUT2D eigenvalue weighted by molar-refractivity contribution is 0.682. The molecule has 2 nitrogen and oxygen atoms in total. The Bertz CT molecular complexity index is 739. The number of rotatable bonds is 6. The zero-order chi connectivity index (χ0) is 17.8. The summed E-state index contributed by atoms with van der Waals surface area (Å²) in [6.07, 6.45) is 7.03. The van der Waals surface area contributed by atoms with Crippen LogP contribution >= 0.6 is 0 Å². The molecule has 2 heteroatoms. The van der Waals surface area contributed by atoms with E-state index in [1.54, 1.807) is 0 Å². The summed E-state index contributed by atoms with van der Waals surface area (Å²) in [5, 5.41) is 0. The monoisotopic (exact) mass is 332 g/mol. The number of nitrogens with two attached hydrogens (primary N) is 2. The Morgan fingerprint density at radius 2 is 1.44 bits per heavy atom. The van der Waals surface area contributed by atoms with Crippen LogP contribution in [0.25, 0.3) is 0 Å². The predicted octanol–water partition coefficient (Wildman–Crippen LogP) is 4.50. The first-order valence-electron chi connectivity index (χ1n) is 9.10. The summed E-state index contributed by atoms with van der Waals surface area (Å²) in [6, 6.07) is 17.3. The molecule has 0 amide bonds. The summed E-state index contributed by atoms with van der Waals surface area (Å²) in [6.45, 7) is 5.63. The zero-order valence-corrected chi connectivity index (χ0v) is 15.2. The van der Waals surface area contributed by atoms with Crippen LogP contribution in [0.15, 0.2) is 72.3 Å². The van der Waals surface area contributed by atoms with Gasteiger partial charge in [-0.25, -0.2) is 0 Å². The van der Waals surface area contributed by atoms with E-state index in [0.29, 0.717) is 24.9 Å². The fourth-order valence-corrected chi connectivity index (χ4v) is 3.61. The minimum absolute atomic E-state index is 0.283. The third-order valence-corrected chi connectivity index (χ3v) is 5.04. The van der Waals surface area contributed by atoms with Gasteiger partial charge in [0.1, 0.15) is 0 Å². The molecule has 0 fully saturated rings. The van der Waals surface area contributed by atoms with Gasteiger partial charge in [-0.3, -0.25) is 0 Å². The molecule has 0 aliphatic heterocycles. The van der Waals surface area contributed by atoms with Crippen LogP contribution in [0, 0.1) is 11.8 Å². The lowest BCUT2D eigenvalue weighted by atomic mass is 9.80. The maximum atomic E-state index is 5.88. The van der Waals surface area contributed by atoms with E-state index < -0.39 is 0 Å². The molecule has 1 aliphatic carbocycles. The second kappa shape index (κ2) is 7.81. The Morgan fingerprint density at radius 1 is 0.880 bits per heavy atom. The fraction of sp³-hybridized carbons (Fsp3) is 0.304. The molecule has 2 aromatic rings. The molecule has 0 bridgehead atoms. The van der Waals surface area contributed by atoms with Crippen LogP contribution in [0.4, 0.5) is 0 Å². The van der Waals surface area contributed by atoms with Crippen LogP contribution < -0.4 is 11.5 Å². The smallest absolute Gasteiger partial charge is 0.0187 e. The van der Waals surface area contributed by atoms with Crippen LogP contribution in [0.2, 0.25) is 0 Å². The lowest BCUT2D eigenvalue weighted by Gasteiger charge is -2.24. The van der Waals surface area contributed by atoms with E-state index in [9.17, 15) is 0 Å². The minimum atomic E-state index is 0.283. The van der Waals surface area contributed by atoms with Gasteiger partial charge in [0.25, 0.3) is 0 Å². The van der Waals surface area contributed by atoms with Crippen LogP contribution in [0.5, 0.6) is 0 Å². The molecule has 0 heterocycles. The van der Waals surface area contributed by atoms with Crippen molar-refractivity contribution in [3.63, 3.8) is 0 Å². The highest BCUT2D eigenvalue weighted by Crippen LogP contribution is 2.38. The quantitative estimate of drug-likeness (QED) is 0.818. The van der Waals surface area contributed by atoms with E-state index in [1.165, 1.54) is 27.8 Å². The molecule has 0 radical (unpaired) electrons. The van der Waals surface area contributed by atoms with Crippen molar-refractivity contribution in [3.8, 4) is 0 Å². The summed E-state index contributed by atoms with van der Waals surface area (Å²) < 4.78 is 0. The molecule has 4 N–H and O–H groups in total. The predicted molar refractivity (Wildman–Crippen MR) is 106 cm³/mol. The first-order chi connectivity index (χ1) is 12.1. The van der Waals surface area contributed by atoms with Crippen molar-refractivity contribution in [2.45, 2.75) is 32.9 Å². The summed E-state index contributed by atoms with van der Waals surface area (Å²) in [5.74, 6) is 1.19. The third-order valence-electron chi connectivity index (χ3n) is 5.04. The molecule has 130 valence electrons.